The first-order valence-electron chi connectivity index (χ1n) is 10.5. The van der Waals surface area contributed by atoms with Crippen LogP contribution in [0.25, 0.3) is 22.1 Å². The molecular formula is C24H24F3NO5. The van der Waals surface area contributed by atoms with Crippen LogP contribution in [0.1, 0.15) is 25.2 Å². The Kier molecular flexibility index (Phi) is 6.11. The summed E-state index contributed by atoms with van der Waals surface area (Å²) in [5, 5.41) is 10.5. The van der Waals surface area contributed by atoms with Crippen LogP contribution in [0.5, 0.6) is 11.5 Å². The quantitative estimate of drug-likeness (QED) is 0.599. The minimum atomic E-state index is -4.95. The van der Waals surface area contributed by atoms with Crippen LogP contribution >= 0.6 is 0 Å². The van der Waals surface area contributed by atoms with E-state index in [0.29, 0.717) is 13.1 Å². The zero-order valence-electron chi connectivity index (χ0n) is 18.4. The van der Waals surface area contributed by atoms with Gasteiger partial charge in [-0.15, -0.1) is 0 Å². The van der Waals surface area contributed by atoms with Gasteiger partial charge in [-0.1, -0.05) is 18.2 Å². The van der Waals surface area contributed by atoms with E-state index in [1.807, 2.05) is 18.7 Å². The van der Waals surface area contributed by atoms with E-state index >= 15 is 0 Å². The maximum Gasteiger partial charge on any atom is 0.450 e. The van der Waals surface area contributed by atoms with Crippen molar-refractivity contribution in [3.8, 4) is 22.6 Å². The van der Waals surface area contributed by atoms with Gasteiger partial charge in [0.2, 0.25) is 11.2 Å². The number of rotatable bonds is 4. The van der Waals surface area contributed by atoms with Gasteiger partial charge >= 0.3 is 6.18 Å². The fourth-order valence-electron chi connectivity index (χ4n) is 4.39. The molecule has 0 radical (unpaired) electrons. The van der Waals surface area contributed by atoms with Crippen molar-refractivity contribution in [1.82, 2.24) is 4.90 Å². The monoisotopic (exact) mass is 463 g/mol. The first-order valence-corrected chi connectivity index (χ1v) is 10.5. The summed E-state index contributed by atoms with van der Waals surface area (Å²) in [6.45, 7) is 4.95. The predicted octanol–water partition coefficient (Wildman–Crippen LogP) is 4.80. The van der Waals surface area contributed by atoms with Crippen molar-refractivity contribution in [1.29, 1.82) is 0 Å². The van der Waals surface area contributed by atoms with Gasteiger partial charge in [0.05, 0.1) is 35.8 Å². The molecule has 1 N–H and O–H groups in total. The summed E-state index contributed by atoms with van der Waals surface area (Å²) in [7, 11) is 1.31. The lowest BCUT2D eigenvalue weighted by Crippen LogP contribution is -2.44. The average molecular weight is 463 g/mol. The third kappa shape index (κ3) is 4.43. The fourth-order valence-corrected chi connectivity index (χ4v) is 4.39. The molecule has 4 rings (SSSR count). The molecule has 1 saturated heterocycles. The Morgan fingerprint density at radius 1 is 1.12 bits per heavy atom. The third-order valence-corrected chi connectivity index (χ3v) is 5.65. The van der Waals surface area contributed by atoms with Crippen LogP contribution in [0.15, 0.2) is 45.6 Å². The number of fused-ring (bicyclic) bond motifs is 1. The topological polar surface area (TPSA) is 72.1 Å². The highest BCUT2D eigenvalue weighted by atomic mass is 19.4. The van der Waals surface area contributed by atoms with Gasteiger partial charge in [0.1, 0.15) is 17.1 Å². The molecule has 0 saturated carbocycles. The van der Waals surface area contributed by atoms with E-state index in [1.165, 1.54) is 37.4 Å². The lowest BCUT2D eigenvalue weighted by atomic mass is 9.99. The van der Waals surface area contributed by atoms with Gasteiger partial charge in [0.25, 0.3) is 0 Å². The van der Waals surface area contributed by atoms with Gasteiger partial charge in [0, 0.05) is 25.2 Å². The highest BCUT2D eigenvalue weighted by Crippen LogP contribution is 2.41. The molecule has 2 heterocycles. The average Bonchev–Trinajstić information content (AvgIpc) is 2.74. The second-order valence-corrected chi connectivity index (χ2v) is 8.22. The number of alkyl halides is 3. The maximum absolute atomic E-state index is 14.1. The molecule has 0 spiro atoms. The van der Waals surface area contributed by atoms with Crippen LogP contribution < -0.4 is 10.2 Å². The summed E-state index contributed by atoms with van der Waals surface area (Å²) in [5.41, 5.74) is -1.65. The Morgan fingerprint density at radius 2 is 1.79 bits per heavy atom. The van der Waals surface area contributed by atoms with Gasteiger partial charge in [-0.2, -0.15) is 13.2 Å². The summed E-state index contributed by atoms with van der Waals surface area (Å²) in [4.78, 5) is 15.3. The number of nitrogens with zero attached hydrogens (tertiary/aromatic N) is 1. The summed E-state index contributed by atoms with van der Waals surface area (Å²) in [5.74, 6) is -1.55. The van der Waals surface area contributed by atoms with Crippen molar-refractivity contribution in [2.24, 2.45) is 0 Å². The molecule has 0 bridgehead atoms. The number of para-hydroxylation sites is 1. The largest absolute Gasteiger partial charge is 0.507 e. The van der Waals surface area contributed by atoms with E-state index in [0.717, 1.165) is 0 Å². The number of hydrogen-bond donors (Lipinski definition) is 1. The van der Waals surface area contributed by atoms with Crippen LogP contribution in [0.4, 0.5) is 13.2 Å². The van der Waals surface area contributed by atoms with E-state index in [1.54, 1.807) is 6.07 Å². The van der Waals surface area contributed by atoms with Crippen molar-refractivity contribution in [2.45, 2.75) is 38.8 Å². The third-order valence-electron chi connectivity index (χ3n) is 5.65. The molecule has 1 aliphatic heterocycles. The van der Waals surface area contributed by atoms with Crippen LogP contribution in [-0.4, -0.2) is 42.4 Å². The number of halogens is 3. The first kappa shape index (κ1) is 23.1. The number of phenols is 1. The minimum absolute atomic E-state index is 0.0200. The Morgan fingerprint density at radius 3 is 2.42 bits per heavy atom. The van der Waals surface area contributed by atoms with E-state index < -0.39 is 22.9 Å². The van der Waals surface area contributed by atoms with Gasteiger partial charge in [-0.25, -0.2) is 0 Å². The van der Waals surface area contributed by atoms with E-state index in [9.17, 15) is 23.1 Å². The molecule has 6 nitrogen and oxygen atoms in total. The number of morpholine rings is 1. The number of methoxy groups -OCH3 is 1. The Hall–Kier alpha value is -3.04. The molecular weight excluding hydrogens is 439 g/mol. The smallest absolute Gasteiger partial charge is 0.450 e. The second kappa shape index (κ2) is 8.72. The standard InChI is InChI=1S/C24H24F3NO5/c1-13-10-28(11-14(2)32-13)12-17-18(29)9-8-16-21(30)20(15-6-4-5-7-19(15)31-3)23(24(25,26)27)33-22(16)17/h4-9,13-14,29H,10-12H2,1-3H3/t13-,14-/m1/s1. The van der Waals surface area contributed by atoms with E-state index in [2.05, 4.69) is 0 Å². The molecule has 1 aliphatic rings. The summed E-state index contributed by atoms with van der Waals surface area (Å²) in [6.07, 6.45) is -5.12. The van der Waals surface area contributed by atoms with Crippen molar-refractivity contribution >= 4 is 11.0 Å². The molecule has 176 valence electrons. The van der Waals surface area contributed by atoms with Gasteiger partial charge in [-0.05, 0) is 32.0 Å². The van der Waals surface area contributed by atoms with Crippen LogP contribution in [0.2, 0.25) is 0 Å². The van der Waals surface area contributed by atoms with Crippen molar-refractivity contribution in [3.63, 3.8) is 0 Å². The van der Waals surface area contributed by atoms with Gasteiger partial charge in [-0.3, -0.25) is 9.69 Å². The van der Waals surface area contributed by atoms with E-state index in [-0.39, 0.29) is 52.3 Å². The summed E-state index contributed by atoms with van der Waals surface area (Å²) in [6, 6.07) is 8.56. The lowest BCUT2D eigenvalue weighted by Gasteiger charge is -2.35. The molecule has 33 heavy (non-hydrogen) atoms. The molecule has 0 amide bonds. The Balaban J connectivity index is 1.96. The lowest BCUT2D eigenvalue weighted by molar-refractivity contribution is -0.152. The Bertz CT molecular complexity index is 1230. The normalized spacial score (nSPS) is 19.7. The second-order valence-electron chi connectivity index (χ2n) is 8.22. The highest BCUT2D eigenvalue weighted by Gasteiger charge is 2.40. The molecule has 0 unspecified atom stereocenters. The zero-order valence-corrected chi connectivity index (χ0v) is 18.4. The number of benzene rings is 2. The molecule has 9 heteroatoms. The molecule has 1 aromatic heterocycles. The summed E-state index contributed by atoms with van der Waals surface area (Å²) >= 11 is 0. The number of phenolic OH excluding ortho intramolecular Hbond substituents is 1. The number of ether oxygens (including phenoxy) is 2. The van der Waals surface area contributed by atoms with Crippen LogP contribution in [0, 0.1) is 0 Å². The molecule has 1 fully saturated rings. The maximum atomic E-state index is 14.1. The predicted molar refractivity (Wildman–Crippen MR) is 116 cm³/mol. The summed E-state index contributed by atoms with van der Waals surface area (Å²) < 4.78 is 58.6. The molecule has 2 atom stereocenters. The first-order chi connectivity index (χ1) is 15.6. The molecule has 0 aliphatic carbocycles. The van der Waals surface area contributed by atoms with Crippen molar-refractivity contribution in [2.75, 3.05) is 20.2 Å². The molecule has 3 aromatic rings. The van der Waals surface area contributed by atoms with Crippen LogP contribution in [-0.2, 0) is 17.5 Å². The number of aromatic hydroxyl groups is 1. The Labute approximate surface area is 188 Å². The SMILES string of the molecule is COc1ccccc1-c1c(C(F)(F)F)oc2c(CN3C[C@@H](C)O[C@H](C)C3)c(O)ccc2c1=O. The zero-order chi connectivity index (χ0) is 23.9. The molecule has 2 aromatic carbocycles. The number of hydrogen-bond acceptors (Lipinski definition) is 6. The highest BCUT2D eigenvalue weighted by molar-refractivity contribution is 5.87. The van der Waals surface area contributed by atoms with Crippen LogP contribution in [0.3, 0.4) is 0 Å². The van der Waals surface area contributed by atoms with Gasteiger partial charge < -0.3 is 19.0 Å². The van der Waals surface area contributed by atoms with Gasteiger partial charge in [0.15, 0.2) is 0 Å². The fraction of sp³-hybridized carbons (Fsp3) is 0.375. The van der Waals surface area contributed by atoms with E-state index in [4.69, 9.17) is 13.9 Å². The van der Waals surface area contributed by atoms with Crippen molar-refractivity contribution in [3.05, 3.63) is 57.9 Å². The minimum Gasteiger partial charge on any atom is -0.507 e. The van der Waals surface area contributed by atoms with Crippen molar-refractivity contribution < 1.29 is 32.2 Å².